The first-order valence-electron chi connectivity index (χ1n) is 9.13. The molecule has 3 heterocycles. The molecule has 0 atom stereocenters. The molecule has 0 spiro atoms. The van der Waals surface area contributed by atoms with Gasteiger partial charge in [0.15, 0.2) is 11.2 Å². The molecule has 2 aromatic heterocycles. The second kappa shape index (κ2) is 7.97. The number of amides is 1. The number of ether oxygens (including phenoxy) is 1. The van der Waals surface area contributed by atoms with Gasteiger partial charge < -0.3 is 14.2 Å². The lowest BCUT2D eigenvalue weighted by Crippen LogP contribution is -2.48. The van der Waals surface area contributed by atoms with Crippen molar-refractivity contribution in [2.45, 2.75) is 26.9 Å². The van der Waals surface area contributed by atoms with Gasteiger partial charge in [0.05, 0.1) is 19.7 Å². The van der Waals surface area contributed by atoms with Crippen LogP contribution in [0.25, 0.3) is 11.2 Å². The Morgan fingerprint density at radius 2 is 1.86 bits per heavy atom. The standard InChI is InChI=1S/C17H24N6O5/c1-4-28-17(27)22-7-5-21(6-8-22)10-12-18-14-13(23(12)9-11(2)24)15(25)19-16(26)20(14)3/h4-10H2,1-3H3,(H,19,25,26). The van der Waals surface area contributed by atoms with Crippen molar-refractivity contribution in [3.63, 3.8) is 0 Å². The molecule has 1 N–H and O–H groups in total. The van der Waals surface area contributed by atoms with Crippen molar-refractivity contribution >= 4 is 23.0 Å². The first kappa shape index (κ1) is 19.8. The fraction of sp³-hybridized carbons (Fsp3) is 0.588. The lowest BCUT2D eigenvalue weighted by molar-refractivity contribution is -0.117. The van der Waals surface area contributed by atoms with Crippen LogP contribution in [0.4, 0.5) is 4.79 Å². The molecule has 0 aliphatic carbocycles. The van der Waals surface area contributed by atoms with E-state index in [4.69, 9.17) is 4.74 Å². The van der Waals surface area contributed by atoms with Gasteiger partial charge in [-0.1, -0.05) is 0 Å². The summed E-state index contributed by atoms with van der Waals surface area (Å²) in [5, 5.41) is 0. The van der Waals surface area contributed by atoms with Crippen molar-refractivity contribution < 1.29 is 14.3 Å². The number of ketones is 1. The Bertz CT molecular complexity index is 1010. The number of nitrogens with zero attached hydrogens (tertiary/aromatic N) is 5. The minimum Gasteiger partial charge on any atom is -0.450 e. The van der Waals surface area contributed by atoms with Crippen molar-refractivity contribution in [3.8, 4) is 0 Å². The smallest absolute Gasteiger partial charge is 0.409 e. The van der Waals surface area contributed by atoms with Crippen molar-refractivity contribution in [1.29, 1.82) is 0 Å². The number of fused-ring (bicyclic) bond motifs is 1. The maximum absolute atomic E-state index is 12.3. The van der Waals surface area contributed by atoms with Gasteiger partial charge in [0.2, 0.25) is 0 Å². The first-order chi connectivity index (χ1) is 13.3. The Morgan fingerprint density at radius 3 is 2.46 bits per heavy atom. The zero-order valence-electron chi connectivity index (χ0n) is 16.2. The number of aryl methyl sites for hydroxylation is 1. The number of hydrogen-bond acceptors (Lipinski definition) is 7. The van der Waals surface area contributed by atoms with Crippen LogP contribution in [0.2, 0.25) is 0 Å². The lowest BCUT2D eigenvalue weighted by atomic mass is 10.3. The van der Waals surface area contributed by atoms with Gasteiger partial charge >= 0.3 is 11.8 Å². The average molecular weight is 392 g/mol. The van der Waals surface area contributed by atoms with E-state index < -0.39 is 11.2 Å². The van der Waals surface area contributed by atoms with E-state index in [1.54, 1.807) is 16.4 Å². The topological polar surface area (TPSA) is 123 Å². The number of carbonyl (C=O) groups is 2. The minimum absolute atomic E-state index is 0.00406. The first-order valence-corrected chi connectivity index (χ1v) is 9.13. The van der Waals surface area contributed by atoms with Crippen LogP contribution >= 0.6 is 0 Å². The molecular formula is C17H24N6O5. The van der Waals surface area contributed by atoms with Gasteiger partial charge in [-0.15, -0.1) is 0 Å². The van der Waals surface area contributed by atoms with E-state index in [1.165, 1.54) is 18.5 Å². The molecule has 0 aromatic carbocycles. The third-order valence-electron chi connectivity index (χ3n) is 4.73. The van der Waals surface area contributed by atoms with Gasteiger partial charge in [-0.2, -0.15) is 0 Å². The summed E-state index contributed by atoms with van der Waals surface area (Å²) in [4.78, 5) is 58.2. The van der Waals surface area contributed by atoms with Gasteiger partial charge in [-0.25, -0.2) is 14.6 Å². The number of rotatable bonds is 5. The van der Waals surface area contributed by atoms with E-state index in [9.17, 15) is 19.2 Å². The van der Waals surface area contributed by atoms with E-state index >= 15 is 0 Å². The zero-order valence-corrected chi connectivity index (χ0v) is 16.2. The van der Waals surface area contributed by atoms with Crippen molar-refractivity contribution in [2.24, 2.45) is 7.05 Å². The number of imidazole rings is 1. The maximum Gasteiger partial charge on any atom is 0.409 e. The third-order valence-corrected chi connectivity index (χ3v) is 4.73. The number of hydrogen-bond donors (Lipinski definition) is 1. The van der Waals surface area contributed by atoms with Gasteiger partial charge in [0, 0.05) is 33.2 Å². The van der Waals surface area contributed by atoms with Crippen LogP contribution in [0.1, 0.15) is 19.7 Å². The summed E-state index contributed by atoms with van der Waals surface area (Å²) < 4.78 is 7.84. The van der Waals surface area contributed by atoms with Crippen molar-refractivity contribution in [1.82, 2.24) is 28.9 Å². The predicted molar refractivity (Wildman–Crippen MR) is 100 cm³/mol. The second-order valence-corrected chi connectivity index (χ2v) is 6.77. The predicted octanol–water partition coefficient (Wildman–Crippen LogP) is -0.714. The third kappa shape index (κ3) is 3.84. The van der Waals surface area contributed by atoms with Gasteiger partial charge in [0.25, 0.3) is 5.56 Å². The minimum atomic E-state index is -0.565. The Kier molecular flexibility index (Phi) is 5.63. The fourth-order valence-electron chi connectivity index (χ4n) is 3.30. The highest BCUT2D eigenvalue weighted by molar-refractivity contribution is 5.79. The number of carbonyl (C=O) groups excluding carboxylic acids is 2. The summed E-state index contributed by atoms with van der Waals surface area (Å²) in [5.74, 6) is 0.405. The molecule has 11 heteroatoms. The van der Waals surface area contributed by atoms with E-state index in [0.29, 0.717) is 45.2 Å². The number of nitrogens with one attached hydrogen (secondary N) is 1. The van der Waals surface area contributed by atoms with Crippen LogP contribution in [0, 0.1) is 0 Å². The summed E-state index contributed by atoms with van der Waals surface area (Å²) in [6.45, 7) is 6.18. The van der Waals surface area contributed by atoms with E-state index in [-0.39, 0.29) is 29.6 Å². The molecule has 11 nitrogen and oxygen atoms in total. The molecular weight excluding hydrogens is 368 g/mol. The molecule has 1 fully saturated rings. The van der Waals surface area contributed by atoms with Gasteiger partial charge in [-0.05, 0) is 13.8 Å². The Morgan fingerprint density at radius 1 is 1.18 bits per heavy atom. The molecule has 1 aliphatic rings. The number of Topliss-reactive ketones (excluding diaryl/α,β-unsaturated/α-hetero) is 1. The van der Waals surface area contributed by atoms with Gasteiger partial charge in [-0.3, -0.25) is 24.0 Å². The molecule has 0 radical (unpaired) electrons. The molecule has 152 valence electrons. The highest BCUT2D eigenvalue weighted by Gasteiger charge is 2.25. The van der Waals surface area contributed by atoms with Crippen molar-refractivity contribution in [3.05, 3.63) is 26.7 Å². The number of piperazine rings is 1. The monoisotopic (exact) mass is 392 g/mol. The van der Waals surface area contributed by atoms with Crippen LogP contribution in [0.5, 0.6) is 0 Å². The number of aromatic amines is 1. The van der Waals surface area contributed by atoms with E-state index in [2.05, 4.69) is 14.9 Å². The quantitative estimate of drug-likeness (QED) is 0.713. The SMILES string of the molecule is CCOC(=O)N1CCN(Cc2nc3c(c(=O)[nH]c(=O)n3C)n2CC(C)=O)CC1. The summed E-state index contributed by atoms with van der Waals surface area (Å²) in [6.07, 6.45) is -0.326. The highest BCUT2D eigenvalue weighted by atomic mass is 16.6. The van der Waals surface area contributed by atoms with Crippen molar-refractivity contribution in [2.75, 3.05) is 32.8 Å². The largest absolute Gasteiger partial charge is 0.450 e. The van der Waals surface area contributed by atoms with Crippen LogP contribution in [-0.4, -0.2) is 73.6 Å². The normalized spacial score (nSPS) is 15.2. The summed E-state index contributed by atoms with van der Waals surface area (Å²) in [7, 11) is 1.52. The fourth-order valence-corrected chi connectivity index (χ4v) is 3.30. The molecule has 2 aromatic rings. The van der Waals surface area contributed by atoms with Crippen LogP contribution < -0.4 is 11.2 Å². The Balaban J connectivity index is 1.87. The summed E-state index contributed by atoms with van der Waals surface area (Å²) in [6, 6.07) is 0. The Labute approximate surface area is 160 Å². The molecule has 0 bridgehead atoms. The molecule has 1 amide bonds. The molecule has 1 aliphatic heterocycles. The molecule has 28 heavy (non-hydrogen) atoms. The average Bonchev–Trinajstić information content (AvgIpc) is 2.99. The molecule has 0 saturated carbocycles. The lowest BCUT2D eigenvalue weighted by Gasteiger charge is -2.33. The highest BCUT2D eigenvalue weighted by Crippen LogP contribution is 2.14. The molecule has 1 saturated heterocycles. The number of H-pyrrole nitrogens is 1. The van der Waals surface area contributed by atoms with E-state index in [0.717, 1.165) is 0 Å². The molecule has 3 rings (SSSR count). The van der Waals surface area contributed by atoms with E-state index in [1.807, 2.05) is 0 Å². The maximum atomic E-state index is 12.3. The Hall–Kier alpha value is -2.95. The van der Waals surface area contributed by atoms with Crippen LogP contribution in [-0.2, 0) is 29.7 Å². The zero-order chi connectivity index (χ0) is 20.4. The summed E-state index contributed by atoms with van der Waals surface area (Å²) in [5.41, 5.74) is -0.669. The summed E-state index contributed by atoms with van der Waals surface area (Å²) >= 11 is 0. The van der Waals surface area contributed by atoms with Crippen LogP contribution in [0.15, 0.2) is 9.59 Å². The van der Waals surface area contributed by atoms with Gasteiger partial charge in [0.1, 0.15) is 11.6 Å². The number of aromatic nitrogens is 4. The van der Waals surface area contributed by atoms with Crippen LogP contribution in [0.3, 0.4) is 0 Å². The second-order valence-electron chi connectivity index (χ2n) is 6.77. The molecule has 0 unspecified atom stereocenters.